The fourth-order valence-electron chi connectivity index (χ4n) is 1.00. The SMILES string of the molecule is Clc1cc(Br)ccc1-n1ccnn1. The highest BCUT2D eigenvalue weighted by molar-refractivity contribution is 9.10. The Kier molecular flexibility index (Phi) is 2.33. The summed E-state index contributed by atoms with van der Waals surface area (Å²) in [4.78, 5) is 0. The van der Waals surface area contributed by atoms with Crippen LogP contribution in [0.2, 0.25) is 5.02 Å². The van der Waals surface area contributed by atoms with E-state index in [1.165, 1.54) is 0 Å². The largest absolute Gasteiger partial charge is 0.219 e. The van der Waals surface area contributed by atoms with Crippen LogP contribution in [0.15, 0.2) is 35.1 Å². The first kappa shape index (κ1) is 8.72. The number of nitrogens with zero attached hydrogens (tertiary/aromatic N) is 3. The van der Waals surface area contributed by atoms with Gasteiger partial charge in [0.1, 0.15) is 0 Å². The Morgan fingerprint density at radius 3 is 2.85 bits per heavy atom. The lowest BCUT2D eigenvalue weighted by Gasteiger charge is -2.02. The highest BCUT2D eigenvalue weighted by Gasteiger charge is 2.02. The molecule has 0 aliphatic heterocycles. The van der Waals surface area contributed by atoms with Crippen molar-refractivity contribution in [3.8, 4) is 5.69 Å². The van der Waals surface area contributed by atoms with Crippen molar-refractivity contribution < 1.29 is 0 Å². The number of rotatable bonds is 1. The first-order chi connectivity index (χ1) is 6.27. The second-order valence-electron chi connectivity index (χ2n) is 2.44. The molecule has 0 saturated carbocycles. The molecule has 1 aromatic heterocycles. The van der Waals surface area contributed by atoms with E-state index in [1.54, 1.807) is 17.1 Å². The van der Waals surface area contributed by atoms with Gasteiger partial charge in [0.15, 0.2) is 0 Å². The maximum Gasteiger partial charge on any atom is 0.0850 e. The van der Waals surface area contributed by atoms with Gasteiger partial charge in [0, 0.05) is 4.47 Å². The minimum Gasteiger partial charge on any atom is -0.219 e. The zero-order valence-corrected chi connectivity index (χ0v) is 8.83. The molecule has 0 aliphatic rings. The second-order valence-corrected chi connectivity index (χ2v) is 3.77. The van der Waals surface area contributed by atoms with Crippen LogP contribution < -0.4 is 0 Å². The molecule has 0 spiro atoms. The van der Waals surface area contributed by atoms with Crippen molar-refractivity contribution in [2.45, 2.75) is 0 Å². The zero-order chi connectivity index (χ0) is 9.26. The van der Waals surface area contributed by atoms with E-state index >= 15 is 0 Å². The van der Waals surface area contributed by atoms with Gasteiger partial charge >= 0.3 is 0 Å². The quantitative estimate of drug-likeness (QED) is 0.787. The standard InChI is InChI=1S/C8H5BrClN3/c9-6-1-2-8(7(10)5-6)13-4-3-11-12-13/h1-5H. The summed E-state index contributed by atoms with van der Waals surface area (Å²) in [5.41, 5.74) is 0.822. The number of aromatic nitrogens is 3. The molecule has 0 unspecified atom stereocenters. The molecule has 0 amide bonds. The summed E-state index contributed by atoms with van der Waals surface area (Å²) in [5.74, 6) is 0. The first-order valence-electron chi connectivity index (χ1n) is 3.59. The molecule has 0 atom stereocenters. The Hall–Kier alpha value is -0.870. The molecule has 1 aromatic carbocycles. The Morgan fingerprint density at radius 1 is 1.38 bits per heavy atom. The maximum atomic E-state index is 6.00. The third kappa shape index (κ3) is 1.73. The number of hydrogen-bond donors (Lipinski definition) is 0. The Morgan fingerprint density at radius 2 is 2.23 bits per heavy atom. The molecule has 0 radical (unpaired) electrons. The van der Waals surface area contributed by atoms with Gasteiger partial charge in [0.05, 0.1) is 23.1 Å². The van der Waals surface area contributed by atoms with Gasteiger partial charge in [-0.05, 0) is 18.2 Å². The van der Waals surface area contributed by atoms with Gasteiger partial charge in [0.2, 0.25) is 0 Å². The van der Waals surface area contributed by atoms with Gasteiger partial charge in [-0.3, -0.25) is 0 Å². The molecular formula is C8H5BrClN3. The Balaban J connectivity index is 2.53. The van der Waals surface area contributed by atoms with E-state index in [0.717, 1.165) is 10.2 Å². The molecule has 3 nitrogen and oxygen atoms in total. The van der Waals surface area contributed by atoms with Gasteiger partial charge in [-0.2, -0.15) is 0 Å². The van der Waals surface area contributed by atoms with E-state index in [1.807, 2.05) is 18.2 Å². The van der Waals surface area contributed by atoms with Crippen LogP contribution >= 0.6 is 27.5 Å². The molecule has 5 heteroatoms. The molecule has 2 aromatic rings. The van der Waals surface area contributed by atoms with Crippen LogP contribution in [0.5, 0.6) is 0 Å². The summed E-state index contributed by atoms with van der Waals surface area (Å²) in [6.45, 7) is 0. The van der Waals surface area contributed by atoms with Crippen LogP contribution in [0.25, 0.3) is 5.69 Å². The lowest BCUT2D eigenvalue weighted by Crippen LogP contribution is -1.95. The maximum absolute atomic E-state index is 6.00. The van der Waals surface area contributed by atoms with Gasteiger partial charge in [0.25, 0.3) is 0 Å². The minimum atomic E-state index is 0.639. The van der Waals surface area contributed by atoms with Crippen LogP contribution in [0.4, 0.5) is 0 Å². The predicted molar refractivity (Wildman–Crippen MR) is 54.1 cm³/mol. The third-order valence-electron chi connectivity index (χ3n) is 1.58. The van der Waals surface area contributed by atoms with Crippen LogP contribution in [0.3, 0.4) is 0 Å². The minimum absolute atomic E-state index is 0.639. The lowest BCUT2D eigenvalue weighted by molar-refractivity contribution is 0.803. The highest BCUT2D eigenvalue weighted by atomic mass is 79.9. The van der Waals surface area contributed by atoms with Crippen molar-refractivity contribution in [3.05, 3.63) is 40.1 Å². The second kappa shape index (κ2) is 3.47. The van der Waals surface area contributed by atoms with E-state index in [-0.39, 0.29) is 0 Å². The van der Waals surface area contributed by atoms with Crippen LogP contribution in [0.1, 0.15) is 0 Å². The summed E-state index contributed by atoms with van der Waals surface area (Å²) in [6, 6.07) is 5.60. The molecule has 1 heterocycles. The van der Waals surface area contributed by atoms with Crippen LogP contribution in [-0.4, -0.2) is 15.0 Å². The van der Waals surface area contributed by atoms with Crippen molar-refractivity contribution in [2.75, 3.05) is 0 Å². The topological polar surface area (TPSA) is 30.7 Å². The van der Waals surface area contributed by atoms with Crippen molar-refractivity contribution in [1.29, 1.82) is 0 Å². The molecule has 0 bridgehead atoms. The molecule has 0 N–H and O–H groups in total. The molecular weight excluding hydrogens is 253 g/mol. The van der Waals surface area contributed by atoms with E-state index < -0.39 is 0 Å². The highest BCUT2D eigenvalue weighted by Crippen LogP contribution is 2.23. The van der Waals surface area contributed by atoms with Gasteiger partial charge in [-0.25, -0.2) is 4.68 Å². The van der Waals surface area contributed by atoms with Crippen molar-refractivity contribution in [3.63, 3.8) is 0 Å². The number of halogens is 2. The van der Waals surface area contributed by atoms with Gasteiger partial charge in [-0.1, -0.05) is 32.7 Å². The normalized spacial score (nSPS) is 10.3. The molecule has 13 heavy (non-hydrogen) atoms. The summed E-state index contributed by atoms with van der Waals surface area (Å²) in [5, 5.41) is 8.19. The van der Waals surface area contributed by atoms with Crippen LogP contribution in [0, 0.1) is 0 Å². The Bertz CT molecular complexity index is 413. The third-order valence-corrected chi connectivity index (χ3v) is 2.38. The summed E-state index contributed by atoms with van der Waals surface area (Å²) >= 11 is 9.33. The van der Waals surface area contributed by atoms with Crippen LogP contribution in [-0.2, 0) is 0 Å². The van der Waals surface area contributed by atoms with Crippen molar-refractivity contribution >= 4 is 27.5 Å². The summed E-state index contributed by atoms with van der Waals surface area (Å²) in [6.07, 6.45) is 3.35. The molecule has 0 saturated heterocycles. The average Bonchev–Trinajstić information content (AvgIpc) is 2.56. The van der Waals surface area contributed by atoms with E-state index in [4.69, 9.17) is 11.6 Å². The Labute approximate surface area is 88.5 Å². The van der Waals surface area contributed by atoms with Crippen molar-refractivity contribution in [2.24, 2.45) is 0 Å². The van der Waals surface area contributed by atoms with E-state index in [0.29, 0.717) is 5.02 Å². The van der Waals surface area contributed by atoms with Crippen molar-refractivity contribution in [1.82, 2.24) is 15.0 Å². The molecule has 0 aliphatic carbocycles. The van der Waals surface area contributed by atoms with Gasteiger partial charge < -0.3 is 0 Å². The zero-order valence-electron chi connectivity index (χ0n) is 6.48. The summed E-state index contributed by atoms with van der Waals surface area (Å²) < 4.78 is 2.57. The molecule has 2 rings (SSSR count). The van der Waals surface area contributed by atoms with E-state index in [9.17, 15) is 0 Å². The lowest BCUT2D eigenvalue weighted by atomic mass is 10.3. The number of benzene rings is 1. The summed E-state index contributed by atoms with van der Waals surface area (Å²) in [7, 11) is 0. The molecule has 0 fully saturated rings. The fraction of sp³-hybridized carbons (Fsp3) is 0. The smallest absolute Gasteiger partial charge is 0.0850 e. The number of hydrogen-bond acceptors (Lipinski definition) is 2. The van der Waals surface area contributed by atoms with E-state index in [2.05, 4.69) is 26.2 Å². The molecule has 66 valence electrons. The van der Waals surface area contributed by atoms with Gasteiger partial charge in [-0.15, -0.1) is 5.10 Å². The first-order valence-corrected chi connectivity index (χ1v) is 4.76. The predicted octanol–water partition coefficient (Wildman–Crippen LogP) is 2.68. The monoisotopic (exact) mass is 257 g/mol. The average molecular weight is 259 g/mol. The fourth-order valence-corrected chi connectivity index (χ4v) is 1.76.